The molecule has 1 fully saturated rings. The lowest BCUT2D eigenvalue weighted by atomic mass is 9.83. The van der Waals surface area contributed by atoms with Gasteiger partial charge >= 0.3 is 0 Å². The molecule has 0 radical (unpaired) electrons. The molecule has 0 aromatic heterocycles. The average Bonchev–Trinajstić information content (AvgIpc) is 2.80. The minimum Gasteiger partial charge on any atom is -0.508 e. The van der Waals surface area contributed by atoms with E-state index in [1.54, 1.807) is 0 Å². The minimum absolute atomic E-state index is 0.0243. The Labute approximate surface area is 147 Å². The van der Waals surface area contributed by atoms with Gasteiger partial charge in [-0.25, -0.2) is 0 Å². The summed E-state index contributed by atoms with van der Waals surface area (Å²) in [6, 6.07) is 8.46. The number of benzene rings is 2. The molecule has 0 bridgehead atoms. The van der Waals surface area contributed by atoms with Crippen LogP contribution in [0, 0.1) is 5.92 Å². The van der Waals surface area contributed by atoms with Gasteiger partial charge < -0.3 is 14.9 Å². The summed E-state index contributed by atoms with van der Waals surface area (Å²) >= 11 is 0. The fraction of sp³-hybridized carbons (Fsp3) is 0.381. The van der Waals surface area contributed by atoms with Crippen LogP contribution in [0.5, 0.6) is 23.0 Å². The Bertz CT molecular complexity index is 819. The molecule has 130 valence electrons. The number of aryl methyl sites for hydroxylation is 1. The van der Waals surface area contributed by atoms with Crippen LogP contribution in [-0.4, -0.2) is 16.0 Å². The Hall–Kier alpha value is -2.49. The summed E-state index contributed by atoms with van der Waals surface area (Å²) in [5, 5.41) is 19.7. The molecule has 0 amide bonds. The van der Waals surface area contributed by atoms with Crippen molar-refractivity contribution < 1.29 is 19.7 Å². The smallest absolute Gasteiger partial charge is 0.165 e. The van der Waals surface area contributed by atoms with Gasteiger partial charge in [0.15, 0.2) is 5.78 Å². The van der Waals surface area contributed by atoms with Gasteiger partial charge in [-0.1, -0.05) is 19.3 Å². The van der Waals surface area contributed by atoms with Gasteiger partial charge in [-0.05, 0) is 49.4 Å². The highest BCUT2D eigenvalue weighted by molar-refractivity contribution is 5.98. The SMILES string of the molecule is O=C(c1ccc2c(c1)CCc1c(O)cc(O)cc1O2)C1CCCCC1. The van der Waals surface area contributed by atoms with E-state index in [1.807, 2.05) is 18.2 Å². The number of ketones is 1. The second-order valence-electron chi connectivity index (χ2n) is 7.07. The van der Waals surface area contributed by atoms with Crippen molar-refractivity contribution in [2.24, 2.45) is 5.92 Å². The lowest BCUT2D eigenvalue weighted by molar-refractivity contribution is 0.0889. The van der Waals surface area contributed by atoms with Crippen molar-refractivity contribution >= 4 is 5.78 Å². The Balaban J connectivity index is 1.63. The van der Waals surface area contributed by atoms with E-state index in [0.717, 1.165) is 36.8 Å². The van der Waals surface area contributed by atoms with Crippen molar-refractivity contribution in [1.29, 1.82) is 0 Å². The number of carbonyl (C=O) groups is 1. The highest BCUT2D eigenvalue weighted by Crippen LogP contribution is 2.40. The zero-order valence-electron chi connectivity index (χ0n) is 14.1. The molecule has 0 saturated heterocycles. The predicted molar refractivity (Wildman–Crippen MR) is 94.6 cm³/mol. The van der Waals surface area contributed by atoms with E-state index in [0.29, 0.717) is 29.9 Å². The molecule has 4 heteroatoms. The first kappa shape index (κ1) is 16.0. The molecule has 2 aliphatic rings. The molecule has 25 heavy (non-hydrogen) atoms. The Morgan fingerprint density at radius 2 is 1.76 bits per heavy atom. The van der Waals surface area contributed by atoms with Crippen LogP contribution < -0.4 is 4.74 Å². The largest absolute Gasteiger partial charge is 0.508 e. The monoisotopic (exact) mass is 338 g/mol. The lowest BCUT2D eigenvalue weighted by Crippen LogP contribution is -2.18. The third kappa shape index (κ3) is 3.09. The molecule has 1 aliphatic heterocycles. The molecule has 1 saturated carbocycles. The number of phenols is 2. The van der Waals surface area contributed by atoms with E-state index in [2.05, 4.69) is 0 Å². The maximum absolute atomic E-state index is 12.8. The molecule has 0 unspecified atom stereocenters. The third-order valence-corrected chi connectivity index (χ3v) is 5.36. The van der Waals surface area contributed by atoms with E-state index in [4.69, 9.17) is 4.74 Å². The van der Waals surface area contributed by atoms with Gasteiger partial charge in [-0.3, -0.25) is 4.79 Å². The first-order valence-corrected chi connectivity index (χ1v) is 9.01. The standard InChI is InChI=1S/C21H22O4/c22-16-11-18(23)17-8-6-14-10-15(7-9-19(14)25-20(17)12-16)21(24)13-4-2-1-3-5-13/h7,9-13,22-23H,1-6,8H2. The van der Waals surface area contributed by atoms with Crippen molar-refractivity contribution in [3.63, 3.8) is 0 Å². The molecule has 2 aromatic carbocycles. The Morgan fingerprint density at radius 3 is 2.56 bits per heavy atom. The molecule has 0 spiro atoms. The summed E-state index contributed by atoms with van der Waals surface area (Å²) < 4.78 is 5.91. The lowest BCUT2D eigenvalue weighted by Gasteiger charge is -2.20. The van der Waals surface area contributed by atoms with E-state index < -0.39 is 0 Å². The van der Waals surface area contributed by atoms with Gasteiger partial charge in [0, 0.05) is 29.2 Å². The van der Waals surface area contributed by atoms with Crippen molar-refractivity contribution in [2.75, 3.05) is 0 Å². The topological polar surface area (TPSA) is 66.8 Å². The second kappa shape index (κ2) is 6.43. The van der Waals surface area contributed by atoms with E-state index in [1.165, 1.54) is 18.6 Å². The maximum Gasteiger partial charge on any atom is 0.165 e. The fourth-order valence-corrected chi connectivity index (χ4v) is 3.97. The summed E-state index contributed by atoms with van der Waals surface area (Å²) in [4.78, 5) is 12.8. The maximum atomic E-state index is 12.8. The molecule has 1 heterocycles. The quantitative estimate of drug-likeness (QED) is 0.775. The van der Waals surface area contributed by atoms with Gasteiger partial charge in [0.05, 0.1) is 0 Å². The van der Waals surface area contributed by atoms with Crippen LogP contribution in [0.4, 0.5) is 0 Å². The number of rotatable bonds is 2. The van der Waals surface area contributed by atoms with Crippen molar-refractivity contribution in [3.8, 4) is 23.0 Å². The molecule has 2 aromatic rings. The number of hydrogen-bond donors (Lipinski definition) is 2. The fourth-order valence-electron chi connectivity index (χ4n) is 3.97. The van der Waals surface area contributed by atoms with E-state index >= 15 is 0 Å². The highest BCUT2D eigenvalue weighted by Gasteiger charge is 2.24. The summed E-state index contributed by atoms with van der Waals surface area (Å²) in [6.07, 6.45) is 6.79. The van der Waals surface area contributed by atoms with Crippen LogP contribution >= 0.6 is 0 Å². The van der Waals surface area contributed by atoms with Gasteiger partial charge in [0.1, 0.15) is 23.0 Å². The van der Waals surface area contributed by atoms with E-state index in [-0.39, 0.29) is 23.2 Å². The first-order chi connectivity index (χ1) is 12.1. The summed E-state index contributed by atoms with van der Waals surface area (Å²) in [5.41, 5.74) is 2.41. The number of carbonyl (C=O) groups excluding carboxylic acids is 1. The van der Waals surface area contributed by atoms with Crippen LogP contribution in [0.1, 0.15) is 53.6 Å². The van der Waals surface area contributed by atoms with Gasteiger partial charge in [-0.2, -0.15) is 0 Å². The average molecular weight is 338 g/mol. The van der Waals surface area contributed by atoms with Crippen molar-refractivity contribution in [1.82, 2.24) is 0 Å². The van der Waals surface area contributed by atoms with Crippen molar-refractivity contribution in [2.45, 2.75) is 44.9 Å². The summed E-state index contributed by atoms with van der Waals surface area (Å²) in [6.45, 7) is 0. The number of phenolic OH excluding ortho intramolecular Hbond substituents is 2. The number of hydrogen-bond acceptors (Lipinski definition) is 4. The molecular formula is C21H22O4. The number of aromatic hydroxyl groups is 2. The normalized spacial score (nSPS) is 17.1. The number of Topliss-reactive ketones (excluding diaryl/α,β-unsaturated/α-hetero) is 1. The molecule has 4 rings (SSSR count). The molecule has 2 N–H and O–H groups in total. The Morgan fingerprint density at radius 1 is 0.960 bits per heavy atom. The van der Waals surface area contributed by atoms with Crippen LogP contribution in [-0.2, 0) is 12.8 Å². The zero-order valence-corrected chi connectivity index (χ0v) is 14.1. The second-order valence-corrected chi connectivity index (χ2v) is 7.07. The third-order valence-electron chi connectivity index (χ3n) is 5.36. The van der Waals surface area contributed by atoms with E-state index in [9.17, 15) is 15.0 Å². The number of ether oxygens (including phenoxy) is 1. The van der Waals surface area contributed by atoms with Crippen LogP contribution in [0.15, 0.2) is 30.3 Å². The van der Waals surface area contributed by atoms with Crippen LogP contribution in [0.2, 0.25) is 0 Å². The van der Waals surface area contributed by atoms with Crippen LogP contribution in [0.25, 0.3) is 0 Å². The minimum atomic E-state index is -0.0243. The highest BCUT2D eigenvalue weighted by atomic mass is 16.5. The van der Waals surface area contributed by atoms with Crippen molar-refractivity contribution in [3.05, 3.63) is 47.0 Å². The summed E-state index contributed by atoms with van der Waals surface area (Å²) in [5.74, 6) is 1.57. The molecule has 4 nitrogen and oxygen atoms in total. The van der Waals surface area contributed by atoms with Crippen LogP contribution in [0.3, 0.4) is 0 Å². The molecule has 1 aliphatic carbocycles. The molecule has 0 atom stereocenters. The van der Waals surface area contributed by atoms with Gasteiger partial charge in [0.2, 0.25) is 0 Å². The zero-order chi connectivity index (χ0) is 17.4. The molecular weight excluding hydrogens is 316 g/mol. The Kier molecular flexibility index (Phi) is 4.12. The predicted octanol–water partition coefficient (Wildman–Crippen LogP) is 4.75. The summed E-state index contributed by atoms with van der Waals surface area (Å²) in [7, 11) is 0. The van der Waals surface area contributed by atoms with Gasteiger partial charge in [-0.15, -0.1) is 0 Å². The number of fused-ring (bicyclic) bond motifs is 2. The van der Waals surface area contributed by atoms with Gasteiger partial charge in [0.25, 0.3) is 0 Å². The first-order valence-electron chi connectivity index (χ1n) is 9.01.